The van der Waals surface area contributed by atoms with Crippen LogP contribution in [0.1, 0.15) is 71.6 Å². The van der Waals surface area contributed by atoms with Gasteiger partial charge in [0, 0.05) is 26.2 Å². The molecule has 4 aliphatic rings. The molecule has 4 heterocycles. The number of hydrogen-bond acceptors (Lipinski definition) is 17. The Kier molecular flexibility index (Phi) is 21.3. The molecule has 4 saturated heterocycles. The first-order valence-electron chi connectivity index (χ1n) is 23.7. The highest BCUT2D eigenvalue weighted by Crippen LogP contribution is 2.30. The monoisotopic (exact) mass is 1040 g/mol. The van der Waals surface area contributed by atoms with Gasteiger partial charge in [-0.25, -0.2) is 4.79 Å². The van der Waals surface area contributed by atoms with E-state index in [-0.39, 0.29) is 51.9 Å². The number of hydrogen-bond donors (Lipinski definition) is 13. The van der Waals surface area contributed by atoms with Crippen molar-refractivity contribution in [2.75, 3.05) is 65.6 Å². The number of nitrogens with two attached hydrogens (primary N) is 1. The molecule has 30 nitrogen and oxygen atoms in total. The maximum Gasteiger partial charge on any atom is 0.328 e. The molecule has 14 N–H and O–H groups in total. The number of carboxylic acid groups (broad SMARTS) is 2. The van der Waals surface area contributed by atoms with Gasteiger partial charge >= 0.3 is 11.9 Å². The summed E-state index contributed by atoms with van der Waals surface area (Å²) in [6.45, 7) is -1.54. The molecule has 4 aliphatic heterocycles. The number of carbonyl (C=O) groups is 13. The Morgan fingerprint density at radius 3 is 1.51 bits per heavy atom. The number of likely N-dealkylation sites (tertiary alicyclic amines) is 4. The number of aliphatic hydroxyl groups is 3. The summed E-state index contributed by atoms with van der Waals surface area (Å²) < 4.78 is 0. The molecule has 11 amide bonds. The van der Waals surface area contributed by atoms with Crippen molar-refractivity contribution < 1.29 is 87.9 Å². The summed E-state index contributed by atoms with van der Waals surface area (Å²) in [5, 5.41) is 63.1. The first-order valence-corrected chi connectivity index (χ1v) is 23.7. The summed E-state index contributed by atoms with van der Waals surface area (Å²) in [5.41, 5.74) is 3.77. The quantitative estimate of drug-likeness (QED) is 0.0427. The van der Waals surface area contributed by atoms with Crippen LogP contribution in [-0.2, 0) is 62.3 Å². The molecular weight excluding hydrogens is 973 g/mol. The molecule has 0 unspecified atom stereocenters. The molecule has 30 heteroatoms. The summed E-state index contributed by atoms with van der Waals surface area (Å²) in [6, 6.07) is -10.5. The minimum absolute atomic E-state index is 0.0794. The second-order valence-corrected chi connectivity index (χ2v) is 18.4. The van der Waals surface area contributed by atoms with Crippen molar-refractivity contribution in [2.24, 2.45) is 5.73 Å². The molecule has 0 spiro atoms. The van der Waals surface area contributed by atoms with Crippen molar-refractivity contribution in [3.05, 3.63) is 0 Å². The number of rotatable bonds is 24. The number of aliphatic hydroxyl groups excluding tert-OH is 3. The summed E-state index contributed by atoms with van der Waals surface area (Å²) in [4.78, 5) is 172. The van der Waals surface area contributed by atoms with Crippen molar-refractivity contribution >= 4 is 76.9 Å². The van der Waals surface area contributed by atoms with Crippen LogP contribution in [0.5, 0.6) is 0 Å². The van der Waals surface area contributed by atoms with Crippen LogP contribution in [0.3, 0.4) is 0 Å². The molecule has 0 bridgehead atoms. The largest absolute Gasteiger partial charge is 0.481 e. The smallest absolute Gasteiger partial charge is 0.328 e. The summed E-state index contributed by atoms with van der Waals surface area (Å²) in [7, 11) is 0. The Balaban J connectivity index is 1.26. The van der Waals surface area contributed by atoms with Crippen LogP contribution < -0.4 is 43.0 Å². The van der Waals surface area contributed by atoms with Crippen molar-refractivity contribution in [1.82, 2.24) is 56.8 Å². The van der Waals surface area contributed by atoms with Gasteiger partial charge in [-0.05, 0) is 65.2 Å². The topological polar surface area (TPSA) is 446 Å². The zero-order chi connectivity index (χ0) is 54.3. The van der Waals surface area contributed by atoms with Gasteiger partial charge in [0.05, 0.1) is 51.9 Å². The van der Waals surface area contributed by atoms with Crippen molar-refractivity contribution in [3.63, 3.8) is 0 Å². The number of amides is 11. The van der Waals surface area contributed by atoms with Crippen molar-refractivity contribution in [1.29, 1.82) is 0 Å². The van der Waals surface area contributed by atoms with Crippen LogP contribution in [0.25, 0.3) is 0 Å². The molecule has 0 aromatic heterocycles. The maximum atomic E-state index is 14.1. The van der Waals surface area contributed by atoms with Gasteiger partial charge in [0.2, 0.25) is 65.0 Å². The minimum Gasteiger partial charge on any atom is -0.481 e. The normalized spacial score (nSPS) is 21.2. The van der Waals surface area contributed by atoms with E-state index in [1.807, 2.05) is 0 Å². The molecule has 0 aromatic carbocycles. The second kappa shape index (κ2) is 26.6. The van der Waals surface area contributed by atoms with Gasteiger partial charge in [-0.15, -0.1) is 0 Å². The van der Waals surface area contributed by atoms with E-state index in [9.17, 15) is 82.8 Å². The van der Waals surface area contributed by atoms with E-state index in [0.717, 1.165) is 4.90 Å². The number of carbonyl (C=O) groups excluding carboxylic acids is 11. The Morgan fingerprint density at radius 1 is 0.534 bits per heavy atom. The standard InChI is InChI=1S/C43H66N12O18/c1-43(2,42(73)55-14-6-10-29(55)40(70)54-13-5-9-28(54)39(69)53-12-4-8-27(53)38(68)50-25(21-58)41(71)72)51-31(60)17-47-35(65)23(19-56)48-36(66)24(20-57)49-37(67)26-7-3-11-52(26)32(61)18-45-30(59)16-46-34(64)22(44)15-33(62)63/h22-29,56-58H,3-21,44H2,1-2H3,(H,45,59)(H,46,64)(H,47,65)(H,48,66)(H,49,67)(H,50,68)(H,51,60)(H,62,63)(H,71,72)/t22-,23-,24-,25-,26-,27-,28-,29-/m0/s1. The lowest BCUT2D eigenvalue weighted by atomic mass is 10.0. The zero-order valence-corrected chi connectivity index (χ0v) is 40.5. The van der Waals surface area contributed by atoms with Crippen molar-refractivity contribution in [2.45, 2.75) is 126 Å². The minimum atomic E-state index is -1.71. The first kappa shape index (κ1) is 58.5. The molecule has 0 radical (unpaired) electrons. The van der Waals surface area contributed by atoms with Gasteiger partial charge in [-0.2, -0.15) is 0 Å². The second-order valence-electron chi connectivity index (χ2n) is 18.4. The van der Waals surface area contributed by atoms with E-state index in [0.29, 0.717) is 25.7 Å². The fourth-order valence-corrected chi connectivity index (χ4v) is 8.97. The average molecular weight is 1040 g/mol. The van der Waals surface area contributed by atoms with Crippen LogP contribution in [0.15, 0.2) is 0 Å². The molecule has 73 heavy (non-hydrogen) atoms. The lowest BCUT2D eigenvalue weighted by Gasteiger charge is -2.36. The molecule has 0 aliphatic carbocycles. The zero-order valence-electron chi connectivity index (χ0n) is 40.5. The SMILES string of the molecule is CC(C)(NC(=O)CNC(=O)[C@H](CO)NC(=O)[C@H](CO)NC(=O)[C@@H]1CCCN1C(=O)CNC(=O)CNC(=O)[C@@H](N)CC(=O)O)C(=O)N1CCC[C@H]1C(=O)N1CCC[C@H]1C(=O)N1CCC[C@H]1C(=O)N[C@@H](CO)C(=O)O. The number of aliphatic carboxylic acids is 2. The predicted molar refractivity (Wildman–Crippen MR) is 245 cm³/mol. The molecule has 4 fully saturated rings. The number of carboxylic acids is 2. The number of nitrogens with one attached hydrogen (secondary N) is 7. The highest BCUT2D eigenvalue weighted by molar-refractivity contribution is 5.99. The lowest BCUT2D eigenvalue weighted by Crippen LogP contribution is -2.61. The highest BCUT2D eigenvalue weighted by Gasteiger charge is 2.48. The van der Waals surface area contributed by atoms with E-state index in [4.69, 9.17) is 10.8 Å². The van der Waals surface area contributed by atoms with Gasteiger partial charge in [-0.1, -0.05) is 0 Å². The molecule has 4 rings (SSSR count). The molecular formula is C43H66N12O18. The molecule has 8 atom stereocenters. The summed E-state index contributed by atoms with van der Waals surface area (Å²) in [5.74, 6) is -11.6. The fourth-order valence-electron chi connectivity index (χ4n) is 8.97. The van der Waals surface area contributed by atoms with Crippen LogP contribution in [0, 0.1) is 0 Å². The third-order valence-corrected chi connectivity index (χ3v) is 12.8. The third-order valence-electron chi connectivity index (χ3n) is 12.8. The van der Waals surface area contributed by atoms with E-state index in [1.165, 1.54) is 28.5 Å². The van der Waals surface area contributed by atoms with Gasteiger partial charge in [0.15, 0.2) is 0 Å². The van der Waals surface area contributed by atoms with Gasteiger partial charge < -0.3 is 88.1 Å². The van der Waals surface area contributed by atoms with Crippen LogP contribution in [-0.4, -0.2) is 242 Å². The third kappa shape index (κ3) is 15.5. The van der Waals surface area contributed by atoms with E-state index in [1.54, 1.807) is 0 Å². The van der Waals surface area contributed by atoms with Gasteiger partial charge in [0.1, 0.15) is 47.8 Å². The maximum absolute atomic E-state index is 14.1. The first-order chi connectivity index (χ1) is 34.4. The van der Waals surface area contributed by atoms with Gasteiger partial charge in [-0.3, -0.25) is 57.5 Å². The van der Waals surface area contributed by atoms with Gasteiger partial charge in [0.25, 0.3) is 0 Å². The summed E-state index contributed by atoms with van der Waals surface area (Å²) in [6.07, 6.45) is 1.85. The molecule has 0 aromatic rings. The Hall–Kier alpha value is -7.05. The fraction of sp³-hybridized carbons (Fsp3) is 0.698. The van der Waals surface area contributed by atoms with Crippen LogP contribution >= 0.6 is 0 Å². The van der Waals surface area contributed by atoms with Crippen LogP contribution in [0.2, 0.25) is 0 Å². The average Bonchev–Trinajstić information content (AvgIpc) is 4.20. The Morgan fingerprint density at radius 2 is 0.973 bits per heavy atom. The van der Waals surface area contributed by atoms with Crippen LogP contribution in [0.4, 0.5) is 0 Å². The van der Waals surface area contributed by atoms with E-state index in [2.05, 4.69) is 37.2 Å². The Bertz CT molecular complexity index is 2140. The van der Waals surface area contributed by atoms with Crippen molar-refractivity contribution in [3.8, 4) is 0 Å². The molecule has 406 valence electrons. The number of nitrogens with zero attached hydrogens (tertiary/aromatic N) is 4. The summed E-state index contributed by atoms with van der Waals surface area (Å²) >= 11 is 0. The Labute approximate surface area is 417 Å². The molecule has 0 saturated carbocycles. The predicted octanol–water partition coefficient (Wildman–Crippen LogP) is -8.49. The highest BCUT2D eigenvalue weighted by atomic mass is 16.4. The van der Waals surface area contributed by atoms with E-state index < -0.39 is 177 Å². The van der Waals surface area contributed by atoms with E-state index >= 15 is 0 Å². The lowest BCUT2D eigenvalue weighted by molar-refractivity contribution is -0.152.